The second-order valence-electron chi connectivity index (χ2n) is 2.03. The zero-order valence-electron chi connectivity index (χ0n) is 5.46. The van der Waals surface area contributed by atoms with Gasteiger partial charge in [0.25, 0.3) is 5.79 Å². The van der Waals surface area contributed by atoms with Gasteiger partial charge in [0.1, 0.15) is 6.07 Å². The lowest BCUT2D eigenvalue weighted by molar-refractivity contribution is -0.116. The Bertz CT molecular complexity index is 115. The molecule has 0 rings (SSSR count). The van der Waals surface area contributed by atoms with Crippen LogP contribution in [0.5, 0.6) is 0 Å². The number of rotatable bonds is 3. The van der Waals surface area contributed by atoms with E-state index in [-0.39, 0.29) is 6.42 Å². The molecule has 0 spiro atoms. The Morgan fingerprint density at radius 2 is 2.11 bits per heavy atom. The summed E-state index contributed by atoms with van der Waals surface area (Å²) in [5, 5.41) is 25.4. The number of hydrogen-bond acceptors (Lipinski definition) is 3. The lowest BCUT2D eigenvalue weighted by Crippen LogP contribution is -2.24. The van der Waals surface area contributed by atoms with Crippen molar-refractivity contribution in [1.29, 1.82) is 5.26 Å². The van der Waals surface area contributed by atoms with Crippen molar-refractivity contribution in [2.24, 2.45) is 0 Å². The summed E-state index contributed by atoms with van der Waals surface area (Å²) in [6.07, 6.45) is 1.67. The van der Waals surface area contributed by atoms with Gasteiger partial charge >= 0.3 is 0 Å². The van der Waals surface area contributed by atoms with E-state index in [2.05, 4.69) is 0 Å². The highest BCUT2D eigenvalue weighted by Gasteiger charge is 2.19. The van der Waals surface area contributed by atoms with Crippen LogP contribution in [0.4, 0.5) is 0 Å². The monoisotopic (exact) mass is 129 g/mol. The summed E-state index contributed by atoms with van der Waals surface area (Å²) in [5.41, 5.74) is 0. The maximum absolute atomic E-state index is 8.65. The van der Waals surface area contributed by atoms with Crippen LogP contribution in [0.3, 0.4) is 0 Å². The first kappa shape index (κ1) is 8.41. The first-order chi connectivity index (χ1) is 4.12. The van der Waals surface area contributed by atoms with Crippen LogP contribution >= 0.6 is 0 Å². The van der Waals surface area contributed by atoms with E-state index in [4.69, 9.17) is 15.5 Å². The van der Waals surface area contributed by atoms with Crippen molar-refractivity contribution in [3.8, 4) is 6.07 Å². The Balaban J connectivity index is 3.49. The molecule has 0 aromatic rings. The van der Waals surface area contributed by atoms with Crippen LogP contribution in [0, 0.1) is 11.3 Å². The maximum Gasteiger partial charge on any atom is 0.254 e. The number of aliphatic hydroxyl groups is 2. The van der Waals surface area contributed by atoms with Gasteiger partial charge in [-0.15, -0.1) is 0 Å². The first-order valence-corrected chi connectivity index (χ1v) is 2.98. The fourth-order valence-electron chi connectivity index (χ4n) is 0.479. The minimum Gasteiger partial charge on any atom is -0.354 e. The summed E-state index contributed by atoms with van der Waals surface area (Å²) in [4.78, 5) is 0. The zero-order chi connectivity index (χ0) is 7.33. The molecule has 0 aromatic carbocycles. The minimum absolute atomic E-state index is 0.139. The third-order valence-electron chi connectivity index (χ3n) is 1.06. The molecular weight excluding hydrogens is 118 g/mol. The fourth-order valence-corrected chi connectivity index (χ4v) is 0.479. The predicted molar refractivity (Wildman–Crippen MR) is 32.3 cm³/mol. The van der Waals surface area contributed by atoms with Crippen LogP contribution in [-0.4, -0.2) is 16.0 Å². The Morgan fingerprint density at radius 1 is 1.56 bits per heavy atom. The van der Waals surface area contributed by atoms with Gasteiger partial charge in [0.15, 0.2) is 0 Å². The van der Waals surface area contributed by atoms with E-state index in [1.165, 1.54) is 6.07 Å². The van der Waals surface area contributed by atoms with Crippen LogP contribution in [-0.2, 0) is 0 Å². The summed E-state index contributed by atoms with van der Waals surface area (Å²) >= 11 is 0. The van der Waals surface area contributed by atoms with Gasteiger partial charge in [0, 0.05) is 6.42 Å². The van der Waals surface area contributed by atoms with Crippen molar-refractivity contribution in [2.45, 2.75) is 32.0 Å². The van der Waals surface area contributed by atoms with Gasteiger partial charge in [-0.1, -0.05) is 13.3 Å². The summed E-state index contributed by atoms with van der Waals surface area (Å²) in [6.45, 7) is 1.92. The fraction of sp³-hybridized carbons (Fsp3) is 0.833. The predicted octanol–water partition coefficient (Wildman–Crippen LogP) is 0.381. The molecule has 0 aliphatic carbocycles. The van der Waals surface area contributed by atoms with Crippen molar-refractivity contribution in [3.63, 3.8) is 0 Å². The van der Waals surface area contributed by atoms with Crippen LogP contribution in [0.25, 0.3) is 0 Å². The second kappa shape index (κ2) is 3.44. The third kappa shape index (κ3) is 3.95. The Hall–Kier alpha value is -0.590. The normalized spacial score (nSPS) is 10.9. The topological polar surface area (TPSA) is 64.2 Å². The molecule has 0 unspecified atom stereocenters. The van der Waals surface area contributed by atoms with Gasteiger partial charge < -0.3 is 10.2 Å². The van der Waals surface area contributed by atoms with Gasteiger partial charge in [0.2, 0.25) is 0 Å². The second-order valence-corrected chi connectivity index (χ2v) is 2.03. The quantitative estimate of drug-likeness (QED) is 0.427. The van der Waals surface area contributed by atoms with E-state index in [0.29, 0.717) is 6.42 Å². The van der Waals surface area contributed by atoms with Crippen molar-refractivity contribution in [3.05, 3.63) is 0 Å². The standard InChI is InChI=1S/C6H11NO2/c1-2-3-4-6(8,9)5-7/h8-9H,2-4H2,1H3. The van der Waals surface area contributed by atoms with E-state index < -0.39 is 5.79 Å². The average Bonchev–Trinajstić information content (AvgIpc) is 1.84. The number of unbranched alkanes of at least 4 members (excludes halogenated alkanes) is 1. The highest BCUT2D eigenvalue weighted by atomic mass is 16.5. The van der Waals surface area contributed by atoms with Gasteiger partial charge in [0.05, 0.1) is 0 Å². The summed E-state index contributed by atoms with van der Waals surface area (Å²) in [5.74, 6) is -2.10. The molecule has 0 aromatic heterocycles. The molecule has 3 nitrogen and oxygen atoms in total. The number of nitriles is 1. The van der Waals surface area contributed by atoms with E-state index >= 15 is 0 Å². The highest BCUT2D eigenvalue weighted by molar-refractivity contribution is 4.89. The van der Waals surface area contributed by atoms with Gasteiger partial charge in [-0.05, 0) is 6.42 Å². The Kier molecular flexibility index (Phi) is 3.21. The van der Waals surface area contributed by atoms with Crippen LogP contribution in [0.15, 0.2) is 0 Å². The van der Waals surface area contributed by atoms with Gasteiger partial charge in [-0.2, -0.15) is 5.26 Å². The first-order valence-electron chi connectivity index (χ1n) is 2.98. The number of hydrogen-bond donors (Lipinski definition) is 2. The molecular formula is C6H11NO2. The lowest BCUT2D eigenvalue weighted by atomic mass is 10.1. The maximum atomic E-state index is 8.65. The molecule has 0 radical (unpaired) electrons. The lowest BCUT2D eigenvalue weighted by Gasteiger charge is -2.10. The SMILES string of the molecule is CCCCC(O)(O)C#N. The van der Waals surface area contributed by atoms with Gasteiger partial charge in [-0.3, -0.25) is 0 Å². The van der Waals surface area contributed by atoms with Crippen molar-refractivity contribution < 1.29 is 10.2 Å². The van der Waals surface area contributed by atoms with Gasteiger partial charge in [-0.25, -0.2) is 0 Å². The van der Waals surface area contributed by atoms with E-state index in [1.54, 1.807) is 0 Å². The van der Waals surface area contributed by atoms with E-state index in [9.17, 15) is 0 Å². The van der Waals surface area contributed by atoms with E-state index in [0.717, 1.165) is 6.42 Å². The summed E-state index contributed by atoms with van der Waals surface area (Å²) < 4.78 is 0. The molecule has 0 saturated heterocycles. The molecule has 0 atom stereocenters. The highest BCUT2D eigenvalue weighted by Crippen LogP contribution is 2.08. The van der Waals surface area contributed by atoms with Crippen molar-refractivity contribution >= 4 is 0 Å². The average molecular weight is 129 g/mol. The molecule has 9 heavy (non-hydrogen) atoms. The molecule has 0 aliphatic rings. The number of nitrogens with zero attached hydrogens (tertiary/aromatic N) is 1. The molecule has 2 N–H and O–H groups in total. The molecule has 0 amide bonds. The molecule has 0 fully saturated rings. The molecule has 0 bridgehead atoms. The Morgan fingerprint density at radius 3 is 2.44 bits per heavy atom. The molecule has 52 valence electrons. The van der Waals surface area contributed by atoms with Crippen LogP contribution < -0.4 is 0 Å². The van der Waals surface area contributed by atoms with Crippen molar-refractivity contribution in [1.82, 2.24) is 0 Å². The molecule has 3 heteroatoms. The van der Waals surface area contributed by atoms with Crippen LogP contribution in [0.1, 0.15) is 26.2 Å². The zero-order valence-corrected chi connectivity index (χ0v) is 5.46. The van der Waals surface area contributed by atoms with E-state index in [1.807, 2.05) is 6.92 Å². The smallest absolute Gasteiger partial charge is 0.254 e. The largest absolute Gasteiger partial charge is 0.354 e. The summed E-state index contributed by atoms with van der Waals surface area (Å²) in [7, 11) is 0. The van der Waals surface area contributed by atoms with Crippen molar-refractivity contribution in [2.75, 3.05) is 0 Å². The van der Waals surface area contributed by atoms with Crippen LogP contribution in [0.2, 0.25) is 0 Å². The third-order valence-corrected chi connectivity index (χ3v) is 1.06. The Labute approximate surface area is 54.5 Å². The molecule has 0 heterocycles. The molecule has 0 aliphatic heterocycles. The molecule has 0 saturated carbocycles. The summed E-state index contributed by atoms with van der Waals surface area (Å²) in [6, 6.07) is 1.39. The minimum atomic E-state index is -2.10.